The third kappa shape index (κ3) is 3.84. The smallest absolute Gasteiger partial charge is 0.270 e. The zero-order valence-corrected chi connectivity index (χ0v) is 15.3. The molecule has 0 amide bonds. The Hall–Kier alpha value is -3.55. The summed E-state index contributed by atoms with van der Waals surface area (Å²) in [5.74, 6) is 2.09. The molecule has 0 aliphatic carbocycles. The first kappa shape index (κ1) is 18.2. The zero-order valence-electron chi connectivity index (χ0n) is 15.3. The van der Waals surface area contributed by atoms with E-state index in [0.717, 1.165) is 28.3 Å². The van der Waals surface area contributed by atoms with Gasteiger partial charge in [-0.2, -0.15) is 0 Å². The largest absolute Gasteiger partial charge is 0.497 e. The van der Waals surface area contributed by atoms with Crippen LogP contribution in [-0.2, 0) is 13.6 Å². The van der Waals surface area contributed by atoms with Crippen molar-refractivity contribution in [1.29, 1.82) is 0 Å². The number of ether oxygens (including phenoxy) is 2. The average molecular weight is 368 g/mol. The summed E-state index contributed by atoms with van der Waals surface area (Å²) in [5.41, 5.74) is 2.52. The number of anilines is 1. The third-order valence-corrected chi connectivity index (χ3v) is 4.27. The Morgan fingerprint density at radius 3 is 2.70 bits per heavy atom. The molecular weight excluding hydrogens is 348 g/mol. The Morgan fingerprint density at radius 2 is 2.00 bits per heavy atom. The molecule has 27 heavy (non-hydrogen) atoms. The molecule has 0 fully saturated rings. The molecule has 3 rings (SSSR count). The summed E-state index contributed by atoms with van der Waals surface area (Å²) in [6, 6.07) is 12.1. The van der Waals surface area contributed by atoms with Crippen LogP contribution >= 0.6 is 0 Å². The molecule has 8 heteroatoms. The molecule has 0 aliphatic rings. The van der Waals surface area contributed by atoms with Crippen LogP contribution in [0.15, 0.2) is 48.7 Å². The second-order valence-electron chi connectivity index (χ2n) is 5.86. The minimum absolute atomic E-state index is 0.0474. The van der Waals surface area contributed by atoms with Crippen molar-refractivity contribution in [3.8, 4) is 22.8 Å². The maximum atomic E-state index is 11.0. The van der Waals surface area contributed by atoms with Gasteiger partial charge in [0.25, 0.3) is 5.69 Å². The molecule has 0 saturated heterocycles. The molecule has 0 spiro atoms. The molecule has 1 aromatic heterocycles. The minimum Gasteiger partial charge on any atom is -0.497 e. The SMILES string of the molecule is COc1ccc(CNc2ncc(-c3cccc([N+](=O)[O-])c3)n2C)c(OC)c1. The van der Waals surface area contributed by atoms with Gasteiger partial charge in [0, 0.05) is 42.9 Å². The Kier molecular flexibility index (Phi) is 5.25. The van der Waals surface area contributed by atoms with Gasteiger partial charge >= 0.3 is 0 Å². The van der Waals surface area contributed by atoms with Crippen molar-refractivity contribution >= 4 is 11.6 Å². The van der Waals surface area contributed by atoms with Crippen LogP contribution in [0.2, 0.25) is 0 Å². The van der Waals surface area contributed by atoms with E-state index >= 15 is 0 Å². The zero-order chi connectivity index (χ0) is 19.4. The third-order valence-electron chi connectivity index (χ3n) is 4.27. The van der Waals surface area contributed by atoms with Crippen molar-refractivity contribution < 1.29 is 14.4 Å². The molecule has 3 aromatic rings. The number of aromatic nitrogens is 2. The molecule has 2 aromatic carbocycles. The Bertz CT molecular complexity index is 968. The highest BCUT2D eigenvalue weighted by Gasteiger charge is 2.13. The molecule has 0 bridgehead atoms. The quantitative estimate of drug-likeness (QED) is 0.506. The van der Waals surface area contributed by atoms with Crippen molar-refractivity contribution in [1.82, 2.24) is 9.55 Å². The van der Waals surface area contributed by atoms with E-state index in [1.54, 1.807) is 26.5 Å². The van der Waals surface area contributed by atoms with E-state index in [1.165, 1.54) is 12.1 Å². The number of nitrogens with zero attached hydrogens (tertiary/aromatic N) is 3. The molecule has 140 valence electrons. The summed E-state index contributed by atoms with van der Waals surface area (Å²) in [6.07, 6.45) is 1.69. The molecular formula is C19H20N4O4. The predicted octanol–water partition coefficient (Wildman–Crippen LogP) is 3.62. The first-order chi connectivity index (χ1) is 13.0. The van der Waals surface area contributed by atoms with Gasteiger partial charge in [-0.05, 0) is 12.1 Å². The molecule has 8 nitrogen and oxygen atoms in total. The summed E-state index contributed by atoms with van der Waals surface area (Å²) in [6.45, 7) is 0.506. The van der Waals surface area contributed by atoms with Gasteiger partial charge in [-0.15, -0.1) is 0 Å². The lowest BCUT2D eigenvalue weighted by atomic mass is 10.1. The number of hydrogen-bond acceptors (Lipinski definition) is 6. The summed E-state index contributed by atoms with van der Waals surface area (Å²) < 4.78 is 12.5. The van der Waals surface area contributed by atoms with Crippen molar-refractivity contribution in [3.05, 3.63) is 64.3 Å². The number of rotatable bonds is 7. The van der Waals surface area contributed by atoms with Crippen molar-refractivity contribution in [3.63, 3.8) is 0 Å². The molecule has 0 radical (unpaired) electrons. The van der Waals surface area contributed by atoms with Crippen LogP contribution in [0.5, 0.6) is 11.5 Å². The lowest BCUT2D eigenvalue weighted by Crippen LogP contribution is -2.07. The van der Waals surface area contributed by atoms with E-state index in [1.807, 2.05) is 35.9 Å². The average Bonchev–Trinajstić information content (AvgIpc) is 3.06. The van der Waals surface area contributed by atoms with Crippen molar-refractivity contribution in [2.45, 2.75) is 6.54 Å². The highest BCUT2D eigenvalue weighted by molar-refractivity contribution is 5.64. The summed E-state index contributed by atoms with van der Waals surface area (Å²) in [4.78, 5) is 15.0. The number of imidazole rings is 1. The highest BCUT2D eigenvalue weighted by atomic mass is 16.6. The van der Waals surface area contributed by atoms with Crippen molar-refractivity contribution in [2.75, 3.05) is 19.5 Å². The number of nitrogens with one attached hydrogen (secondary N) is 1. The van der Waals surface area contributed by atoms with Gasteiger partial charge in [0.05, 0.1) is 31.0 Å². The van der Waals surface area contributed by atoms with E-state index in [2.05, 4.69) is 10.3 Å². The van der Waals surface area contributed by atoms with Crippen LogP contribution in [-0.4, -0.2) is 28.7 Å². The second kappa shape index (κ2) is 7.77. The molecule has 0 saturated carbocycles. The van der Waals surface area contributed by atoms with Crippen LogP contribution < -0.4 is 14.8 Å². The summed E-state index contributed by atoms with van der Waals surface area (Å²) in [7, 11) is 5.07. The maximum absolute atomic E-state index is 11.0. The maximum Gasteiger partial charge on any atom is 0.270 e. The molecule has 0 aliphatic heterocycles. The summed E-state index contributed by atoms with van der Waals surface area (Å²) >= 11 is 0. The van der Waals surface area contributed by atoms with Crippen LogP contribution in [0.3, 0.4) is 0 Å². The topological polar surface area (TPSA) is 91.5 Å². The van der Waals surface area contributed by atoms with Gasteiger partial charge in [0.1, 0.15) is 11.5 Å². The van der Waals surface area contributed by atoms with Gasteiger partial charge < -0.3 is 19.4 Å². The van der Waals surface area contributed by atoms with E-state index in [0.29, 0.717) is 12.5 Å². The number of nitro benzene ring substituents is 1. The van der Waals surface area contributed by atoms with Crippen LogP contribution in [0.1, 0.15) is 5.56 Å². The fourth-order valence-electron chi connectivity index (χ4n) is 2.79. The first-order valence-electron chi connectivity index (χ1n) is 8.24. The fourth-order valence-corrected chi connectivity index (χ4v) is 2.79. The Balaban J connectivity index is 1.80. The fraction of sp³-hybridized carbons (Fsp3) is 0.211. The molecule has 0 atom stereocenters. The Morgan fingerprint density at radius 1 is 1.19 bits per heavy atom. The Labute approximate surface area is 156 Å². The van der Waals surface area contributed by atoms with Crippen LogP contribution in [0, 0.1) is 10.1 Å². The molecule has 1 N–H and O–H groups in total. The minimum atomic E-state index is -0.408. The number of hydrogen-bond donors (Lipinski definition) is 1. The predicted molar refractivity (Wildman–Crippen MR) is 102 cm³/mol. The van der Waals surface area contributed by atoms with E-state index in [4.69, 9.17) is 9.47 Å². The number of methoxy groups -OCH3 is 2. The lowest BCUT2D eigenvalue weighted by Gasteiger charge is -2.12. The monoisotopic (exact) mass is 368 g/mol. The van der Waals surface area contributed by atoms with Gasteiger partial charge in [-0.3, -0.25) is 10.1 Å². The normalized spacial score (nSPS) is 10.5. The van der Waals surface area contributed by atoms with E-state index in [9.17, 15) is 10.1 Å². The molecule has 0 unspecified atom stereocenters. The lowest BCUT2D eigenvalue weighted by molar-refractivity contribution is -0.384. The summed E-state index contributed by atoms with van der Waals surface area (Å²) in [5, 5.41) is 14.3. The second-order valence-corrected chi connectivity index (χ2v) is 5.86. The van der Waals surface area contributed by atoms with Gasteiger partial charge in [-0.1, -0.05) is 12.1 Å². The van der Waals surface area contributed by atoms with Gasteiger partial charge in [-0.25, -0.2) is 4.98 Å². The highest BCUT2D eigenvalue weighted by Crippen LogP contribution is 2.27. The van der Waals surface area contributed by atoms with Gasteiger partial charge in [0.15, 0.2) is 0 Å². The number of benzene rings is 2. The van der Waals surface area contributed by atoms with E-state index < -0.39 is 4.92 Å². The van der Waals surface area contributed by atoms with Crippen LogP contribution in [0.4, 0.5) is 11.6 Å². The van der Waals surface area contributed by atoms with Crippen molar-refractivity contribution in [2.24, 2.45) is 7.05 Å². The van der Waals surface area contributed by atoms with Crippen LogP contribution in [0.25, 0.3) is 11.3 Å². The standard InChI is InChI=1S/C19H20N4O4/c1-22-17(13-5-4-6-15(9-13)23(24)25)12-21-19(22)20-11-14-7-8-16(26-2)10-18(14)27-3/h4-10,12H,11H2,1-3H3,(H,20,21). The first-order valence-corrected chi connectivity index (χ1v) is 8.24. The van der Waals surface area contributed by atoms with Gasteiger partial charge in [0.2, 0.25) is 5.95 Å². The molecule has 1 heterocycles. The number of non-ortho nitro benzene ring substituents is 1. The number of nitro groups is 1. The van der Waals surface area contributed by atoms with E-state index in [-0.39, 0.29) is 5.69 Å².